The van der Waals surface area contributed by atoms with Crippen LogP contribution in [-0.4, -0.2) is 0 Å². The fourth-order valence-electron chi connectivity index (χ4n) is 6.27. The van der Waals surface area contributed by atoms with Crippen LogP contribution in [0.4, 0.5) is 0 Å². The van der Waals surface area contributed by atoms with Crippen molar-refractivity contribution in [1.82, 2.24) is 0 Å². The van der Waals surface area contributed by atoms with E-state index in [0.717, 1.165) is 23.7 Å². The maximum atomic E-state index is 2.58. The second kappa shape index (κ2) is 17.8. The average molecular weight is 459 g/mol. The van der Waals surface area contributed by atoms with Crippen LogP contribution in [0.2, 0.25) is 0 Å². The quantitative estimate of drug-likeness (QED) is 0.225. The maximum absolute atomic E-state index is 2.58. The summed E-state index contributed by atoms with van der Waals surface area (Å²) in [5.74, 6) is 3.96. The van der Waals surface area contributed by atoms with Crippen LogP contribution in [0.15, 0.2) is 23.8 Å². The van der Waals surface area contributed by atoms with E-state index in [1.165, 1.54) is 115 Å². The Bertz CT molecular complexity index is 508. The molecule has 2 saturated carbocycles. The van der Waals surface area contributed by atoms with Crippen LogP contribution < -0.4 is 0 Å². The lowest BCUT2D eigenvalue weighted by Gasteiger charge is -2.24. The van der Waals surface area contributed by atoms with Gasteiger partial charge in [0.05, 0.1) is 0 Å². The van der Waals surface area contributed by atoms with E-state index in [2.05, 4.69) is 66.7 Å². The van der Waals surface area contributed by atoms with E-state index < -0.39 is 0 Å². The van der Waals surface area contributed by atoms with Crippen LogP contribution in [0.3, 0.4) is 0 Å². The number of hydrogen-bond donors (Lipinski definition) is 0. The second-order valence-corrected chi connectivity index (χ2v) is 11.9. The first-order chi connectivity index (χ1) is 15.9. The summed E-state index contributed by atoms with van der Waals surface area (Å²) in [6.45, 7) is 16.0. The van der Waals surface area contributed by atoms with Crippen molar-refractivity contribution in [3.05, 3.63) is 23.8 Å². The van der Waals surface area contributed by atoms with Gasteiger partial charge in [0.2, 0.25) is 0 Å². The zero-order valence-corrected chi connectivity index (χ0v) is 24.1. The molecule has 5 atom stereocenters. The van der Waals surface area contributed by atoms with E-state index in [0.29, 0.717) is 5.41 Å². The Morgan fingerprint density at radius 2 is 1.36 bits per heavy atom. The molecule has 194 valence electrons. The molecule has 0 N–H and O–H groups in total. The molecule has 0 aromatic rings. The predicted octanol–water partition coefficient (Wildman–Crippen LogP) is 11.7. The summed E-state index contributed by atoms with van der Waals surface area (Å²) in [5, 5.41) is 0. The van der Waals surface area contributed by atoms with E-state index in [-0.39, 0.29) is 0 Å². The number of rotatable bonds is 10. The normalized spacial score (nSPS) is 30.0. The zero-order chi connectivity index (χ0) is 24.5. The summed E-state index contributed by atoms with van der Waals surface area (Å²) in [7, 11) is 0. The van der Waals surface area contributed by atoms with Gasteiger partial charge in [-0.3, -0.25) is 0 Å². The van der Waals surface area contributed by atoms with Gasteiger partial charge in [-0.25, -0.2) is 0 Å². The number of unbranched alkanes of at least 4 members (excludes halogenated alkanes) is 5. The third-order valence-electron chi connectivity index (χ3n) is 8.86. The highest BCUT2D eigenvalue weighted by atomic mass is 14.6. The van der Waals surface area contributed by atoms with Crippen molar-refractivity contribution in [2.24, 2.45) is 29.1 Å². The van der Waals surface area contributed by atoms with E-state index in [1.807, 2.05) is 0 Å². The van der Waals surface area contributed by atoms with Gasteiger partial charge < -0.3 is 0 Å². The van der Waals surface area contributed by atoms with E-state index in [4.69, 9.17) is 0 Å². The Labute approximate surface area is 210 Å². The molecule has 33 heavy (non-hydrogen) atoms. The van der Waals surface area contributed by atoms with Crippen molar-refractivity contribution in [3.63, 3.8) is 0 Å². The van der Waals surface area contributed by atoms with Crippen LogP contribution in [0.1, 0.15) is 158 Å². The third-order valence-corrected chi connectivity index (χ3v) is 8.86. The second-order valence-electron chi connectivity index (χ2n) is 11.9. The minimum Gasteiger partial charge on any atom is -0.0882 e. The van der Waals surface area contributed by atoms with Crippen LogP contribution in [0, 0.1) is 29.1 Å². The van der Waals surface area contributed by atoms with Gasteiger partial charge in [0.25, 0.3) is 0 Å². The standard InChI is InChI=1S/C19H32.C8H16.C6H14/c1-4-5-9-14-19(15-10-11-16(2)3)17-12-7-6-8-13-18(17)19;1-7-5-3-4-6-8(7)2;1-3-5-6-4-2/h7,11-12,17-18H,4-6,8-10,13-15H2,1-3H3;7-8H,3-6H2,1-2H3;3-6H2,1-2H3. The largest absolute Gasteiger partial charge is 0.0882 e. The molecule has 0 nitrogen and oxygen atoms in total. The summed E-state index contributed by atoms with van der Waals surface area (Å²) in [6, 6.07) is 0. The summed E-state index contributed by atoms with van der Waals surface area (Å²) in [4.78, 5) is 0. The Balaban J connectivity index is 0.000000319. The summed E-state index contributed by atoms with van der Waals surface area (Å²) < 4.78 is 0. The predicted molar refractivity (Wildman–Crippen MR) is 152 cm³/mol. The fourth-order valence-corrected chi connectivity index (χ4v) is 6.27. The molecule has 3 aliphatic carbocycles. The summed E-state index contributed by atoms with van der Waals surface area (Å²) in [6.07, 6.45) is 31.6. The van der Waals surface area contributed by atoms with Gasteiger partial charge in [-0.1, -0.05) is 129 Å². The van der Waals surface area contributed by atoms with E-state index in [1.54, 1.807) is 0 Å². The van der Waals surface area contributed by atoms with Crippen LogP contribution >= 0.6 is 0 Å². The van der Waals surface area contributed by atoms with E-state index in [9.17, 15) is 0 Å². The molecule has 5 unspecified atom stereocenters. The molecule has 3 rings (SSSR count). The SMILES string of the molecule is CC1CCCCC1C.CCCCCC.CCCCCC1(CCC=C(C)C)C2C=CCCCC21. The van der Waals surface area contributed by atoms with E-state index >= 15 is 0 Å². The van der Waals surface area contributed by atoms with Crippen LogP contribution in [0.25, 0.3) is 0 Å². The van der Waals surface area contributed by atoms with Crippen molar-refractivity contribution in [1.29, 1.82) is 0 Å². The van der Waals surface area contributed by atoms with Crippen molar-refractivity contribution in [3.8, 4) is 0 Å². The fraction of sp³-hybridized carbons (Fsp3) is 0.879. The third kappa shape index (κ3) is 11.6. The number of allylic oxidation sites excluding steroid dienone is 4. The number of hydrogen-bond acceptors (Lipinski definition) is 0. The molecule has 0 heteroatoms. The first-order valence-corrected chi connectivity index (χ1v) is 15.2. The summed E-state index contributed by atoms with van der Waals surface area (Å²) in [5.41, 5.74) is 2.18. The van der Waals surface area contributed by atoms with Crippen molar-refractivity contribution >= 4 is 0 Å². The Morgan fingerprint density at radius 3 is 1.88 bits per heavy atom. The molecular formula is C33H62. The lowest BCUT2D eigenvalue weighted by molar-refractivity contribution is 0.277. The minimum atomic E-state index is 0.693. The first kappa shape index (κ1) is 30.5. The van der Waals surface area contributed by atoms with Crippen LogP contribution in [0.5, 0.6) is 0 Å². The maximum Gasteiger partial charge on any atom is -0.0140 e. The molecule has 0 amide bonds. The lowest BCUT2D eigenvalue weighted by atomic mass is 9.82. The van der Waals surface area contributed by atoms with Gasteiger partial charge >= 0.3 is 0 Å². The van der Waals surface area contributed by atoms with Crippen molar-refractivity contribution < 1.29 is 0 Å². The topological polar surface area (TPSA) is 0 Å². The zero-order valence-electron chi connectivity index (χ0n) is 24.1. The first-order valence-electron chi connectivity index (χ1n) is 15.2. The molecule has 0 saturated heterocycles. The number of fused-ring (bicyclic) bond motifs is 1. The van der Waals surface area contributed by atoms with Gasteiger partial charge in [-0.15, -0.1) is 0 Å². The lowest BCUT2D eigenvalue weighted by Crippen LogP contribution is -2.12. The van der Waals surface area contributed by atoms with Gasteiger partial charge in [-0.2, -0.15) is 0 Å². The molecule has 0 aromatic heterocycles. The Hall–Kier alpha value is -0.520. The average Bonchev–Trinajstić information content (AvgIpc) is 3.47. The molecule has 0 aliphatic heterocycles. The van der Waals surface area contributed by atoms with Gasteiger partial charge in [-0.05, 0) is 81.5 Å². The smallest absolute Gasteiger partial charge is 0.0140 e. The van der Waals surface area contributed by atoms with Gasteiger partial charge in [0.1, 0.15) is 0 Å². The molecule has 0 heterocycles. The molecule has 0 bridgehead atoms. The molecule has 2 fully saturated rings. The minimum absolute atomic E-state index is 0.693. The van der Waals surface area contributed by atoms with Crippen molar-refractivity contribution in [2.45, 2.75) is 158 Å². The molecule has 0 radical (unpaired) electrons. The molecular weight excluding hydrogens is 396 g/mol. The monoisotopic (exact) mass is 458 g/mol. The van der Waals surface area contributed by atoms with Gasteiger partial charge in [0.15, 0.2) is 0 Å². The van der Waals surface area contributed by atoms with Crippen molar-refractivity contribution in [2.75, 3.05) is 0 Å². The molecule has 3 aliphatic rings. The molecule has 0 aromatic carbocycles. The highest BCUT2D eigenvalue weighted by Gasteiger charge is 2.60. The highest BCUT2D eigenvalue weighted by Crippen LogP contribution is 2.67. The highest BCUT2D eigenvalue weighted by molar-refractivity contribution is 5.19. The summed E-state index contributed by atoms with van der Waals surface area (Å²) >= 11 is 0. The van der Waals surface area contributed by atoms with Gasteiger partial charge in [0, 0.05) is 0 Å². The Morgan fingerprint density at radius 1 is 0.788 bits per heavy atom. The van der Waals surface area contributed by atoms with Crippen LogP contribution in [-0.2, 0) is 0 Å². The molecule has 0 spiro atoms. The Kier molecular flexibility index (Phi) is 16.5.